The van der Waals surface area contributed by atoms with Gasteiger partial charge in [-0.25, -0.2) is 9.59 Å². The van der Waals surface area contributed by atoms with Crippen LogP contribution in [0, 0.1) is 0 Å². The molecule has 0 radical (unpaired) electrons. The monoisotopic (exact) mass is 490 g/mol. The molecule has 1 aromatic heterocycles. The number of hydrogen-bond acceptors (Lipinski definition) is 5. The summed E-state index contributed by atoms with van der Waals surface area (Å²) in [5, 5.41) is 10.0. The molecule has 0 spiro atoms. The summed E-state index contributed by atoms with van der Waals surface area (Å²) in [6, 6.07) is 23.1. The standard InChI is InChI=1S/C31H22O6/c1-17-26(28(32)24-16-21-7-3-5-9-25(21)37-31(24)35)27(19-10-12-20(13-11-19)30(33)34)23-15-14-18-6-2-4-8-22(18)29(23)36-17/h2-13,16-17H,14-15H2,1H3,(H,33,34). The highest BCUT2D eigenvalue weighted by atomic mass is 16.5. The van der Waals surface area contributed by atoms with E-state index in [1.54, 1.807) is 43.3 Å². The van der Waals surface area contributed by atoms with E-state index < -0.39 is 23.5 Å². The number of allylic oxidation sites excluding steroid dienone is 2. The van der Waals surface area contributed by atoms with E-state index >= 15 is 0 Å². The Bertz CT molecular complexity index is 1720. The third kappa shape index (κ3) is 3.78. The van der Waals surface area contributed by atoms with Crippen molar-refractivity contribution in [1.82, 2.24) is 0 Å². The fourth-order valence-electron chi connectivity index (χ4n) is 5.24. The minimum atomic E-state index is -1.03. The first-order valence-electron chi connectivity index (χ1n) is 12.1. The zero-order chi connectivity index (χ0) is 25.7. The van der Waals surface area contributed by atoms with Gasteiger partial charge < -0.3 is 14.3 Å². The summed E-state index contributed by atoms with van der Waals surface area (Å²) >= 11 is 0. The third-order valence-electron chi connectivity index (χ3n) is 7.00. The van der Waals surface area contributed by atoms with Crippen molar-refractivity contribution in [3.8, 4) is 0 Å². The number of carboxylic acids is 1. The molecule has 1 N–H and O–H groups in total. The van der Waals surface area contributed by atoms with Gasteiger partial charge in [0.1, 0.15) is 23.0 Å². The molecule has 0 saturated heterocycles. The number of para-hydroxylation sites is 1. The van der Waals surface area contributed by atoms with Crippen molar-refractivity contribution < 1.29 is 23.8 Å². The predicted molar refractivity (Wildman–Crippen MR) is 139 cm³/mol. The fourth-order valence-corrected chi connectivity index (χ4v) is 5.24. The largest absolute Gasteiger partial charge is 0.485 e. The molecule has 3 aromatic carbocycles. The lowest BCUT2D eigenvalue weighted by Gasteiger charge is -2.34. The molecule has 1 aliphatic heterocycles. The summed E-state index contributed by atoms with van der Waals surface area (Å²) in [6.07, 6.45) is 0.749. The van der Waals surface area contributed by atoms with Gasteiger partial charge in [0.05, 0.1) is 5.56 Å². The van der Waals surface area contributed by atoms with E-state index in [1.165, 1.54) is 17.7 Å². The van der Waals surface area contributed by atoms with Crippen LogP contribution in [0.3, 0.4) is 0 Å². The van der Waals surface area contributed by atoms with E-state index in [0.717, 1.165) is 17.6 Å². The van der Waals surface area contributed by atoms with Crippen molar-refractivity contribution in [3.05, 3.63) is 128 Å². The number of rotatable bonds is 4. The fraction of sp³-hybridized carbons (Fsp3) is 0.129. The van der Waals surface area contributed by atoms with Crippen LogP contribution in [0.2, 0.25) is 0 Å². The minimum Gasteiger partial charge on any atom is -0.485 e. The van der Waals surface area contributed by atoms with Crippen LogP contribution in [0.4, 0.5) is 0 Å². The Morgan fingerprint density at radius 2 is 1.65 bits per heavy atom. The van der Waals surface area contributed by atoms with E-state index in [0.29, 0.717) is 39.9 Å². The lowest BCUT2D eigenvalue weighted by atomic mass is 9.78. The van der Waals surface area contributed by atoms with Gasteiger partial charge in [0, 0.05) is 22.1 Å². The van der Waals surface area contributed by atoms with Crippen molar-refractivity contribution in [2.24, 2.45) is 0 Å². The van der Waals surface area contributed by atoms with Crippen LogP contribution < -0.4 is 5.63 Å². The lowest BCUT2D eigenvalue weighted by Crippen LogP contribution is -2.29. The van der Waals surface area contributed by atoms with Crippen molar-refractivity contribution >= 4 is 34.1 Å². The average molecular weight is 491 g/mol. The highest BCUT2D eigenvalue weighted by Gasteiger charge is 2.37. The number of aryl methyl sites for hydroxylation is 1. The number of Topliss-reactive ketones (excluding diaryl/α,β-unsaturated/α-hetero) is 1. The van der Waals surface area contributed by atoms with Crippen molar-refractivity contribution in [2.75, 3.05) is 0 Å². The second kappa shape index (κ2) is 8.75. The predicted octanol–water partition coefficient (Wildman–Crippen LogP) is 5.90. The molecule has 6 heteroatoms. The summed E-state index contributed by atoms with van der Waals surface area (Å²) < 4.78 is 11.8. The van der Waals surface area contributed by atoms with Gasteiger partial charge in [-0.05, 0) is 60.7 Å². The molecule has 182 valence electrons. The summed E-state index contributed by atoms with van der Waals surface area (Å²) in [7, 11) is 0. The number of benzene rings is 3. The zero-order valence-corrected chi connectivity index (χ0v) is 20.0. The van der Waals surface area contributed by atoms with Crippen LogP contribution in [0.25, 0.3) is 22.3 Å². The number of carboxylic acid groups (broad SMARTS) is 1. The van der Waals surface area contributed by atoms with Crippen LogP contribution >= 0.6 is 0 Å². The molecule has 0 bridgehead atoms. The molecule has 1 atom stereocenters. The maximum absolute atomic E-state index is 14.0. The molecule has 2 heterocycles. The van der Waals surface area contributed by atoms with Gasteiger partial charge in [-0.3, -0.25) is 4.79 Å². The van der Waals surface area contributed by atoms with E-state index in [-0.39, 0.29) is 11.1 Å². The lowest BCUT2D eigenvalue weighted by molar-refractivity contribution is 0.0696. The molecule has 0 amide bonds. The van der Waals surface area contributed by atoms with Crippen LogP contribution in [0.1, 0.15) is 50.8 Å². The maximum Gasteiger partial charge on any atom is 0.347 e. The third-order valence-corrected chi connectivity index (χ3v) is 7.00. The van der Waals surface area contributed by atoms with Gasteiger partial charge >= 0.3 is 11.6 Å². The topological polar surface area (TPSA) is 93.8 Å². The first-order valence-corrected chi connectivity index (χ1v) is 12.1. The van der Waals surface area contributed by atoms with Gasteiger partial charge in [0.15, 0.2) is 0 Å². The van der Waals surface area contributed by atoms with Crippen molar-refractivity contribution in [2.45, 2.75) is 25.9 Å². The number of carbonyl (C=O) groups excluding carboxylic acids is 1. The molecule has 6 rings (SSSR count). The van der Waals surface area contributed by atoms with Crippen molar-refractivity contribution in [3.63, 3.8) is 0 Å². The number of aromatic carboxylic acids is 1. The first kappa shape index (κ1) is 22.7. The van der Waals surface area contributed by atoms with E-state index in [4.69, 9.17) is 9.15 Å². The van der Waals surface area contributed by atoms with Gasteiger partial charge in [-0.1, -0.05) is 54.6 Å². The van der Waals surface area contributed by atoms with Crippen molar-refractivity contribution in [1.29, 1.82) is 0 Å². The molecular weight excluding hydrogens is 468 g/mol. The Hall–Kier alpha value is -4.71. The Morgan fingerprint density at radius 1 is 0.919 bits per heavy atom. The van der Waals surface area contributed by atoms with E-state index in [9.17, 15) is 19.5 Å². The summed E-state index contributed by atoms with van der Waals surface area (Å²) in [6.45, 7) is 1.79. The second-order valence-electron chi connectivity index (χ2n) is 9.21. The summed E-state index contributed by atoms with van der Waals surface area (Å²) in [4.78, 5) is 38.4. The molecule has 6 nitrogen and oxygen atoms in total. The number of ketones is 1. The number of carbonyl (C=O) groups is 2. The smallest absolute Gasteiger partial charge is 0.347 e. The van der Waals surface area contributed by atoms with E-state index in [2.05, 4.69) is 6.07 Å². The molecular formula is C31H22O6. The molecule has 0 saturated carbocycles. The van der Waals surface area contributed by atoms with Gasteiger partial charge in [0.25, 0.3) is 0 Å². The van der Waals surface area contributed by atoms with E-state index in [1.807, 2.05) is 24.3 Å². The highest BCUT2D eigenvalue weighted by Crippen LogP contribution is 2.46. The van der Waals surface area contributed by atoms with Gasteiger partial charge in [-0.15, -0.1) is 0 Å². The minimum absolute atomic E-state index is 0.0657. The van der Waals surface area contributed by atoms with Crippen LogP contribution in [0.15, 0.2) is 99.2 Å². The normalized spacial score (nSPS) is 16.7. The molecule has 37 heavy (non-hydrogen) atoms. The Labute approximate surface area is 212 Å². The summed E-state index contributed by atoms with van der Waals surface area (Å²) in [5.74, 6) is -0.777. The van der Waals surface area contributed by atoms with Crippen LogP contribution in [-0.2, 0) is 11.2 Å². The quantitative estimate of drug-likeness (QED) is 0.283. The molecule has 2 aliphatic rings. The van der Waals surface area contributed by atoms with Gasteiger partial charge in [0.2, 0.25) is 5.78 Å². The highest BCUT2D eigenvalue weighted by molar-refractivity contribution is 6.17. The Balaban J connectivity index is 1.60. The number of ether oxygens (including phenoxy) is 1. The van der Waals surface area contributed by atoms with Gasteiger partial charge in [-0.2, -0.15) is 0 Å². The first-order chi connectivity index (χ1) is 17.9. The van der Waals surface area contributed by atoms with Crippen LogP contribution in [-0.4, -0.2) is 23.0 Å². The Morgan fingerprint density at radius 3 is 2.43 bits per heavy atom. The second-order valence-corrected chi connectivity index (χ2v) is 9.21. The SMILES string of the molecule is CC1OC2=C(CCc3ccccc32)C(c2ccc(C(=O)O)cc2)=C1C(=O)c1cc2ccccc2oc1=O. The average Bonchev–Trinajstić information content (AvgIpc) is 2.91. The summed E-state index contributed by atoms with van der Waals surface area (Å²) in [5.41, 5.74) is 4.52. The zero-order valence-electron chi connectivity index (χ0n) is 20.0. The Kier molecular flexibility index (Phi) is 5.37. The number of hydrogen-bond donors (Lipinski definition) is 1. The maximum atomic E-state index is 14.0. The van der Waals surface area contributed by atoms with Crippen LogP contribution in [0.5, 0.6) is 0 Å². The number of fused-ring (bicyclic) bond motifs is 3. The molecule has 1 unspecified atom stereocenters. The molecule has 1 aliphatic carbocycles. The molecule has 0 fully saturated rings. The molecule has 4 aromatic rings.